The van der Waals surface area contributed by atoms with Gasteiger partial charge in [-0.05, 0) is 67.2 Å². The Bertz CT molecular complexity index is 1000. The van der Waals surface area contributed by atoms with E-state index in [0.29, 0.717) is 5.84 Å². The second kappa shape index (κ2) is 6.50. The zero-order chi connectivity index (χ0) is 20.3. The summed E-state index contributed by atoms with van der Waals surface area (Å²) in [5.74, 6) is 0.386. The van der Waals surface area contributed by atoms with E-state index in [1.807, 2.05) is 70.8 Å². The van der Waals surface area contributed by atoms with Gasteiger partial charge in [0.25, 0.3) is 0 Å². The van der Waals surface area contributed by atoms with E-state index in [9.17, 15) is 4.79 Å². The monoisotopic (exact) mass is 398 g/mol. The molecule has 7 heteroatoms. The van der Waals surface area contributed by atoms with Crippen LogP contribution < -0.4 is 10.0 Å². The van der Waals surface area contributed by atoms with Crippen molar-refractivity contribution < 1.29 is 9.73 Å². The molecule has 2 aromatic carbocycles. The molecule has 0 fully saturated rings. The highest BCUT2D eigenvalue weighted by Gasteiger charge is 2.47. The number of rotatable bonds is 2. The number of halogens is 1. The Labute approximate surface area is 169 Å². The average Bonchev–Trinajstić information content (AvgIpc) is 3.23. The van der Waals surface area contributed by atoms with Crippen molar-refractivity contribution >= 4 is 34.7 Å². The van der Waals surface area contributed by atoms with Gasteiger partial charge in [0.05, 0.1) is 16.7 Å². The Morgan fingerprint density at radius 3 is 2.14 bits per heavy atom. The predicted octanol–water partition coefficient (Wildman–Crippen LogP) is 4.82. The minimum Gasteiger partial charge on any atom is -0.273 e. The molecule has 2 aliphatic rings. The van der Waals surface area contributed by atoms with Crippen LogP contribution in [0.3, 0.4) is 0 Å². The van der Waals surface area contributed by atoms with Gasteiger partial charge in [0, 0.05) is 16.5 Å². The number of hydrogen-bond acceptors (Lipinski definition) is 5. The summed E-state index contributed by atoms with van der Waals surface area (Å²) in [6.07, 6.45) is 0. The van der Waals surface area contributed by atoms with Crippen molar-refractivity contribution in [3.8, 4) is 0 Å². The summed E-state index contributed by atoms with van der Waals surface area (Å²) in [6.45, 7) is 11.8. The summed E-state index contributed by atoms with van der Waals surface area (Å²) >= 11 is 6.51. The molecule has 0 aliphatic carbocycles. The number of hydrazine groups is 2. The number of oxime groups is 1. The second-order valence-electron chi connectivity index (χ2n) is 7.54. The Kier molecular flexibility index (Phi) is 4.36. The van der Waals surface area contributed by atoms with Gasteiger partial charge in [0.15, 0.2) is 0 Å². The van der Waals surface area contributed by atoms with Gasteiger partial charge >= 0.3 is 0 Å². The maximum Gasteiger partial charge on any atom is 0.248 e. The molecule has 0 bridgehead atoms. The van der Waals surface area contributed by atoms with E-state index in [1.165, 1.54) is 10.3 Å². The van der Waals surface area contributed by atoms with Gasteiger partial charge in [-0.15, -0.1) is 0 Å². The Morgan fingerprint density at radius 1 is 1.00 bits per heavy atom. The van der Waals surface area contributed by atoms with Crippen LogP contribution in [-0.4, -0.2) is 17.0 Å². The molecule has 0 spiro atoms. The fraction of sp³-hybridized carbons (Fsp3) is 0.333. The first-order valence-electron chi connectivity index (χ1n) is 9.30. The van der Waals surface area contributed by atoms with Crippen molar-refractivity contribution in [1.82, 2.24) is 5.28 Å². The number of para-hydroxylation sites is 2. The molecule has 4 rings (SSSR count). The number of nitrogens with zero attached hydrogens (tertiary/aromatic N) is 4. The molecule has 2 aliphatic heterocycles. The summed E-state index contributed by atoms with van der Waals surface area (Å²) in [4.78, 5) is 18.5. The van der Waals surface area contributed by atoms with Crippen molar-refractivity contribution in [2.75, 3.05) is 10.0 Å². The van der Waals surface area contributed by atoms with Crippen LogP contribution in [0.4, 0.5) is 11.4 Å². The van der Waals surface area contributed by atoms with Crippen LogP contribution >= 0.6 is 11.6 Å². The standard InChI is InChI=1S/C21H23ClN4O2/c1-11(2)21(27)25-17-10-8-7-9-16(17)24-20(23-28-26(24)25)18-12(3)14(5)19(22)15(6)13(18)4/h7-11H,1-6H3. The summed E-state index contributed by atoms with van der Waals surface area (Å²) < 4.78 is 0. The maximum atomic E-state index is 12.9. The van der Waals surface area contributed by atoms with E-state index in [1.54, 1.807) is 0 Å². The third kappa shape index (κ3) is 2.45. The summed E-state index contributed by atoms with van der Waals surface area (Å²) in [7, 11) is 0. The molecule has 0 radical (unpaired) electrons. The van der Waals surface area contributed by atoms with Crippen LogP contribution in [0.1, 0.15) is 41.7 Å². The average molecular weight is 399 g/mol. The van der Waals surface area contributed by atoms with E-state index < -0.39 is 0 Å². The predicted molar refractivity (Wildman–Crippen MR) is 111 cm³/mol. The van der Waals surface area contributed by atoms with E-state index in [4.69, 9.17) is 16.5 Å². The summed E-state index contributed by atoms with van der Waals surface area (Å²) in [6, 6.07) is 7.72. The smallest absolute Gasteiger partial charge is 0.248 e. The lowest BCUT2D eigenvalue weighted by Gasteiger charge is -2.26. The maximum absolute atomic E-state index is 12.9. The molecule has 0 atom stereocenters. The van der Waals surface area contributed by atoms with Crippen LogP contribution in [0, 0.1) is 33.6 Å². The summed E-state index contributed by atoms with van der Waals surface area (Å²) in [5, 5.41) is 9.93. The van der Waals surface area contributed by atoms with E-state index >= 15 is 0 Å². The first-order chi connectivity index (χ1) is 13.3. The lowest BCUT2D eigenvalue weighted by atomic mass is 9.93. The Balaban J connectivity index is 1.89. The van der Waals surface area contributed by atoms with Crippen LogP contribution in [0.2, 0.25) is 5.02 Å². The third-order valence-electron chi connectivity index (χ3n) is 5.54. The molecule has 146 valence electrons. The molecule has 28 heavy (non-hydrogen) atoms. The van der Waals surface area contributed by atoms with Crippen LogP contribution in [0.25, 0.3) is 0 Å². The Hall–Kier alpha value is -2.57. The van der Waals surface area contributed by atoms with Gasteiger partial charge in [-0.3, -0.25) is 9.73 Å². The minimum absolute atomic E-state index is 0.0664. The second-order valence-corrected chi connectivity index (χ2v) is 7.92. The van der Waals surface area contributed by atoms with Crippen molar-refractivity contribution in [2.24, 2.45) is 11.1 Å². The molecule has 0 unspecified atom stereocenters. The van der Waals surface area contributed by atoms with E-state index in [0.717, 1.165) is 44.2 Å². The zero-order valence-corrected chi connectivity index (χ0v) is 17.6. The highest BCUT2D eigenvalue weighted by Crippen LogP contribution is 2.44. The van der Waals surface area contributed by atoms with Crippen molar-refractivity contribution in [3.63, 3.8) is 0 Å². The molecule has 0 saturated heterocycles. The van der Waals surface area contributed by atoms with Gasteiger partial charge in [0.1, 0.15) is 0 Å². The molecule has 1 amide bonds. The highest BCUT2D eigenvalue weighted by molar-refractivity contribution is 6.32. The molecule has 0 aromatic heterocycles. The number of benzene rings is 2. The van der Waals surface area contributed by atoms with Crippen LogP contribution in [-0.2, 0) is 9.73 Å². The largest absolute Gasteiger partial charge is 0.273 e. The highest BCUT2D eigenvalue weighted by atomic mass is 35.5. The first-order valence-corrected chi connectivity index (χ1v) is 9.67. The Morgan fingerprint density at radius 2 is 1.57 bits per heavy atom. The van der Waals surface area contributed by atoms with Gasteiger partial charge in [0.2, 0.25) is 11.7 Å². The van der Waals surface area contributed by atoms with E-state index in [2.05, 4.69) is 5.16 Å². The van der Waals surface area contributed by atoms with Gasteiger partial charge in [-0.25, -0.2) is 0 Å². The fourth-order valence-electron chi connectivity index (χ4n) is 3.68. The molecule has 0 N–H and O–H groups in total. The number of amidine groups is 1. The lowest BCUT2D eigenvalue weighted by Crippen LogP contribution is -2.50. The van der Waals surface area contributed by atoms with Gasteiger partial charge in [-0.1, -0.05) is 37.6 Å². The normalized spacial score (nSPS) is 15.6. The summed E-state index contributed by atoms with van der Waals surface area (Å²) in [5.41, 5.74) is 6.71. The number of hydrogen-bond donors (Lipinski definition) is 0. The van der Waals surface area contributed by atoms with E-state index in [-0.39, 0.29) is 11.8 Å². The van der Waals surface area contributed by atoms with Crippen molar-refractivity contribution in [1.29, 1.82) is 0 Å². The quantitative estimate of drug-likeness (QED) is 0.727. The number of amides is 1. The van der Waals surface area contributed by atoms with Crippen molar-refractivity contribution in [3.05, 3.63) is 57.1 Å². The topological polar surface area (TPSA) is 48.4 Å². The van der Waals surface area contributed by atoms with Crippen LogP contribution in [0.5, 0.6) is 0 Å². The SMILES string of the molecule is Cc1c(C)c(C2=NON3N(C(=O)C(C)C)c4ccccc4N23)c(C)c(C)c1Cl. The number of carbonyl (C=O) groups excluding carboxylic acids is 1. The van der Waals surface area contributed by atoms with Crippen molar-refractivity contribution in [2.45, 2.75) is 41.5 Å². The fourth-order valence-corrected chi connectivity index (χ4v) is 3.96. The molecule has 2 aromatic rings. The molecular weight excluding hydrogens is 376 g/mol. The van der Waals surface area contributed by atoms with Crippen LogP contribution in [0.15, 0.2) is 29.4 Å². The molecule has 6 nitrogen and oxygen atoms in total. The molecule has 0 saturated carbocycles. The van der Waals surface area contributed by atoms with Gasteiger partial charge < -0.3 is 0 Å². The number of fused-ring (bicyclic) bond motifs is 3. The van der Waals surface area contributed by atoms with Gasteiger partial charge in [-0.2, -0.15) is 10.0 Å². The first kappa shape index (κ1) is 18.8. The molecule has 2 heterocycles. The molecular formula is C21H23ClN4O2. The third-order valence-corrected chi connectivity index (χ3v) is 6.11. The minimum atomic E-state index is -0.191. The zero-order valence-electron chi connectivity index (χ0n) is 16.9. The number of anilines is 2. The number of carbonyl (C=O) groups is 1. The lowest BCUT2D eigenvalue weighted by molar-refractivity contribution is -0.160.